The molecule has 0 radical (unpaired) electrons. The predicted molar refractivity (Wildman–Crippen MR) is 81.3 cm³/mol. The molecule has 0 aliphatic heterocycles. The highest BCUT2D eigenvalue weighted by atomic mass is 16.5. The zero-order valence-corrected chi connectivity index (χ0v) is 12.5. The van der Waals surface area contributed by atoms with Gasteiger partial charge >= 0.3 is 0 Å². The molecule has 0 amide bonds. The van der Waals surface area contributed by atoms with Gasteiger partial charge in [-0.15, -0.1) is 0 Å². The number of allylic oxidation sites excluding steroid dienone is 4. The third-order valence-electron chi connectivity index (χ3n) is 3.31. The minimum atomic E-state index is 0.891. The molecule has 4 heteroatoms. The van der Waals surface area contributed by atoms with E-state index in [1.807, 2.05) is 19.1 Å². The summed E-state index contributed by atoms with van der Waals surface area (Å²) in [4.78, 5) is 4.41. The lowest BCUT2D eigenvalue weighted by Crippen LogP contribution is -2.16. The lowest BCUT2D eigenvalue weighted by Gasteiger charge is -2.10. The van der Waals surface area contributed by atoms with Crippen LogP contribution in [-0.4, -0.2) is 23.2 Å². The fourth-order valence-electron chi connectivity index (χ4n) is 2.28. The smallest absolute Gasteiger partial charge is 0.120 e. The van der Waals surface area contributed by atoms with E-state index in [0.29, 0.717) is 0 Å². The van der Waals surface area contributed by atoms with E-state index in [1.165, 1.54) is 5.70 Å². The maximum atomic E-state index is 5.28. The van der Waals surface area contributed by atoms with Crippen LogP contribution in [0, 0.1) is 13.8 Å². The van der Waals surface area contributed by atoms with Gasteiger partial charge in [-0.1, -0.05) is 12.2 Å². The molecule has 20 heavy (non-hydrogen) atoms. The fraction of sp³-hybridized carbons (Fsp3) is 0.438. The summed E-state index contributed by atoms with van der Waals surface area (Å²) >= 11 is 0. The molecule has 1 aromatic heterocycles. The van der Waals surface area contributed by atoms with Crippen molar-refractivity contribution in [3.63, 3.8) is 0 Å². The first-order chi connectivity index (χ1) is 9.69. The Labute approximate surface area is 120 Å². The van der Waals surface area contributed by atoms with Gasteiger partial charge in [-0.25, -0.2) is 4.98 Å². The summed E-state index contributed by atoms with van der Waals surface area (Å²) in [6.45, 7) is 6.03. The number of methoxy groups -OCH3 is 1. The maximum absolute atomic E-state index is 5.28. The van der Waals surface area contributed by atoms with Gasteiger partial charge < -0.3 is 14.6 Å². The van der Waals surface area contributed by atoms with Gasteiger partial charge in [0.15, 0.2) is 0 Å². The van der Waals surface area contributed by atoms with Crippen LogP contribution in [0.2, 0.25) is 0 Å². The lowest BCUT2D eigenvalue weighted by atomic mass is 10.2. The summed E-state index contributed by atoms with van der Waals surface area (Å²) in [7, 11) is 1.70. The molecule has 0 unspecified atom stereocenters. The van der Waals surface area contributed by atoms with E-state index in [9.17, 15) is 0 Å². The minimum Gasteiger partial charge on any atom is -0.497 e. The van der Waals surface area contributed by atoms with Gasteiger partial charge in [0.25, 0.3) is 0 Å². The van der Waals surface area contributed by atoms with Crippen molar-refractivity contribution in [2.45, 2.75) is 33.2 Å². The zero-order chi connectivity index (χ0) is 14.4. The van der Waals surface area contributed by atoms with Gasteiger partial charge in [-0.05, 0) is 32.4 Å². The molecule has 0 aromatic carbocycles. The summed E-state index contributed by atoms with van der Waals surface area (Å²) in [6.07, 6.45) is 12.3. The van der Waals surface area contributed by atoms with Crippen LogP contribution in [0.3, 0.4) is 0 Å². The Bertz CT molecular complexity index is 538. The van der Waals surface area contributed by atoms with Crippen molar-refractivity contribution in [2.24, 2.45) is 0 Å². The standard InChI is InChI=1S/C16H23N3O/c1-13-12-19(14(2)18-13)10-6-9-17-15-7-4-5-8-16(11-15)20-3/h4-5,8,11-12,17H,6-7,9-10H2,1-3H3. The molecule has 0 fully saturated rings. The summed E-state index contributed by atoms with van der Waals surface area (Å²) < 4.78 is 7.48. The Morgan fingerprint density at radius 2 is 2.25 bits per heavy atom. The number of rotatable bonds is 6. The van der Waals surface area contributed by atoms with Crippen molar-refractivity contribution in [1.82, 2.24) is 14.9 Å². The highest BCUT2D eigenvalue weighted by molar-refractivity contribution is 5.27. The molecule has 2 rings (SSSR count). The van der Waals surface area contributed by atoms with Gasteiger partial charge in [0.05, 0.1) is 12.8 Å². The number of aromatic nitrogens is 2. The number of imidazole rings is 1. The summed E-state index contributed by atoms with van der Waals surface area (Å²) in [5, 5.41) is 3.48. The first-order valence-electron chi connectivity index (χ1n) is 7.04. The van der Waals surface area contributed by atoms with Crippen LogP contribution in [-0.2, 0) is 11.3 Å². The Balaban J connectivity index is 1.78. The van der Waals surface area contributed by atoms with Crippen molar-refractivity contribution in [3.8, 4) is 0 Å². The second kappa shape index (κ2) is 6.98. The number of ether oxygens (including phenoxy) is 1. The Morgan fingerprint density at radius 3 is 2.95 bits per heavy atom. The van der Waals surface area contributed by atoms with Crippen molar-refractivity contribution < 1.29 is 4.74 Å². The largest absolute Gasteiger partial charge is 0.497 e. The topological polar surface area (TPSA) is 39.1 Å². The Morgan fingerprint density at radius 1 is 1.40 bits per heavy atom. The number of aryl methyl sites for hydroxylation is 3. The molecular weight excluding hydrogens is 250 g/mol. The van der Waals surface area contributed by atoms with Gasteiger partial charge in [0, 0.05) is 31.4 Å². The second-order valence-corrected chi connectivity index (χ2v) is 4.98. The molecule has 1 aromatic rings. The molecule has 1 aliphatic rings. The van der Waals surface area contributed by atoms with E-state index >= 15 is 0 Å². The molecule has 0 saturated carbocycles. The van der Waals surface area contributed by atoms with E-state index < -0.39 is 0 Å². The van der Waals surface area contributed by atoms with Crippen LogP contribution in [0.4, 0.5) is 0 Å². The predicted octanol–water partition coefficient (Wildman–Crippen LogP) is 2.85. The molecule has 0 saturated heterocycles. The molecule has 1 heterocycles. The van der Waals surface area contributed by atoms with E-state index in [0.717, 1.165) is 43.2 Å². The van der Waals surface area contributed by atoms with Crippen molar-refractivity contribution >= 4 is 0 Å². The number of nitrogens with one attached hydrogen (secondary N) is 1. The lowest BCUT2D eigenvalue weighted by molar-refractivity contribution is 0.306. The SMILES string of the molecule is COC1=CC=CCC(NCCCn2cc(C)nc2C)=C1. The molecule has 0 atom stereocenters. The normalized spacial score (nSPS) is 14.6. The molecule has 1 N–H and O–H groups in total. The van der Waals surface area contributed by atoms with Crippen molar-refractivity contribution in [3.05, 3.63) is 53.5 Å². The summed E-state index contributed by atoms with van der Waals surface area (Å²) in [5.74, 6) is 1.98. The van der Waals surface area contributed by atoms with Gasteiger partial charge in [0.1, 0.15) is 11.6 Å². The third-order valence-corrected chi connectivity index (χ3v) is 3.31. The Hall–Kier alpha value is -1.97. The minimum absolute atomic E-state index is 0.891. The monoisotopic (exact) mass is 273 g/mol. The van der Waals surface area contributed by atoms with Crippen LogP contribution >= 0.6 is 0 Å². The van der Waals surface area contributed by atoms with Crippen LogP contribution in [0.15, 0.2) is 42.0 Å². The fourth-order valence-corrected chi connectivity index (χ4v) is 2.28. The van der Waals surface area contributed by atoms with Crippen molar-refractivity contribution in [2.75, 3.05) is 13.7 Å². The van der Waals surface area contributed by atoms with Gasteiger partial charge in [-0.3, -0.25) is 0 Å². The van der Waals surface area contributed by atoms with Crippen LogP contribution in [0.25, 0.3) is 0 Å². The van der Waals surface area contributed by atoms with Gasteiger partial charge in [-0.2, -0.15) is 0 Å². The highest BCUT2D eigenvalue weighted by Crippen LogP contribution is 2.10. The molecule has 108 valence electrons. The molecular formula is C16H23N3O. The van der Waals surface area contributed by atoms with E-state index in [2.05, 4.69) is 40.1 Å². The van der Waals surface area contributed by atoms with E-state index in [4.69, 9.17) is 4.74 Å². The van der Waals surface area contributed by atoms with Crippen LogP contribution < -0.4 is 5.32 Å². The first kappa shape index (κ1) is 14.4. The quantitative estimate of drug-likeness (QED) is 0.810. The number of hydrogen-bond acceptors (Lipinski definition) is 3. The Kier molecular flexibility index (Phi) is 5.04. The van der Waals surface area contributed by atoms with Crippen LogP contribution in [0.5, 0.6) is 0 Å². The van der Waals surface area contributed by atoms with E-state index in [1.54, 1.807) is 7.11 Å². The van der Waals surface area contributed by atoms with E-state index in [-0.39, 0.29) is 0 Å². The summed E-state index contributed by atoms with van der Waals surface area (Å²) in [5.41, 5.74) is 2.28. The average molecular weight is 273 g/mol. The second-order valence-electron chi connectivity index (χ2n) is 4.98. The maximum Gasteiger partial charge on any atom is 0.120 e. The molecule has 4 nitrogen and oxygen atoms in total. The van der Waals surface area contributed by atoms with Crippen LogP contribution in [0.1, 0.15) is 24.4 Å². The molecule has 0 spiro atoms. The highest BCUT2D eigenvalue weighted by Gasteiger charge is 2.02. The number of hydrogen-bond donors (Lipinski definition) is 1. The van der Waals surface area contributed by atoms with Crippen molar-refractivity contribution in [1.29, 1.82) is 0 Å². The van der Waals surface area contributed by atoms with Gasteiger partial charge in [0.2, 0.25) is 0 Å². The third kappa shape index (κ3) is 4.02. The number of nitrogens with zero attached hydrogens (tertiary/aromatic N) is 2. The zero-order valence-electron chi connectivity index (χ0n) is 12.5. The summed E-state index contributed by atoms with van der Waals surface area (Å²) in [6, 6.07) is 0. The molecule has 1 aliphatic carbocycles. The average Bonchev–Trinajstić information content (AvgIpc) is 2.65. The first-order valence-corrected chi connectivity index (χ1v) is 7.04. The molecule has 0 bridgehead atoms.